The second-order valence-corrected chi connectivity index (χ2v) is 23.8. The van der Waals surface area contributed by atoms with Gasteiger partial charge in [0.25, 0.3) is 0 Å². The lowest BCUT2D eigenvalue weighted by atomic mass is 9.48. The molecule has 6 aliphatic carbocycles. The number of rotatable bonds is 11. The molecular weight excluding hydrogens is 869 g/mol. The van der Waals surface area contributed by atoms with E-state index in [0.29, 0.717) is 17.3 Å². The van der Waals surface area contributed by atoms with Crippen molar-refractivity contribution in [2.75, 3.05) is 9.80 Å². The van der Waals surface area contributed by atoms with Gasteiger partial charge in [0.2, 0.25) is 0 Å². The Kier molecular flexibility index (Phi) is 11.2. The lowest BCUT2D eigenvalue weighted by Crippen LogP contribution is -2.48. The van der Waals surface area contributed by atoms with Crippen molar-refractivity contribution in [2.45, 2.75) is 108 Å². The Balaban J connectivity index is 0.904. The summed E-state index contributed by atoms with van der Waals surface area (Å²) in [6.45, 7) is 9.74. The van der Waals surface area contributed by atoms with Crippen molar-refractivity contribution in [2.24, 2.45) is 29.6 Å². The van der Waals surface area contributed by atoms with Crippen molar-refractivity contribution in [3.63, 3.8) is 0 Å². The van der Waals surface area contributed by atoms with Crippen LogP contribution in [-0.2, 0) is 16.2 Å². The Morgan fingerprint density at radius 3 is 1.43 bits per heavy atom. The van der Waals surface area contributed by atoms with Gasteiger partial charge in [-0.15, -0.1) is 0 Å². The van der Waals surface area contributed by atoms with Crippen molar-refractivity contribution in [3.8, 4) is 22.3 Å². The summed E-state index contributed by atoms with van der Waals surface area (Å²) in [7, 11) is 0. The van der Waals surface area contributed by atoms with Crippen molar-refractivity contribution >= 4 is 34.1 Å². The molecule has 0 aromatic heterocycles. The van der Waals surface area contributed by atoms with E-state index < -0.39 is 0 Å². The maximum atomic E-state index is 2.56. The van der Waals surface area contributed by atoms with Gasteiger partial charge < -0.3 is 9.80 Å². The van der Waals surface area contributed by atoms with Gasteiger partial charge in [0.05, 0.1) is 0 Å². The number of benzene rings is 8. The average Bonchev–Trinajstić information content (AvgIpc) is 3.65. The zero-order valence-electron chi connectivity index (χ0n) is 42.9. The molecule has 5 saturated carbocycles. The molecule has 0 heterocycles. The monoisotopic (exact) mass is 939 g/mol. The molecular formula is C70H70N2. The first-order valence-corrected chi connectivity index (χ1v) is 27.5. The van der Waals surface area contributed by atoms with Crippen LogP contribution in [0.4, 0.5) is 34.1 Å². The van der Waals surface area contributed by atoms with Crippen LogP contribution in [0, 0.1) is 29.6 Å². The van der Waals surface area contributed by atoms with E-state index in [4.69, 9.17) is 0 Å². The Hall–Kier alpha value is -6.64. The minimum atomic E-state index is -0.154. The smallest absolute Gasteiger partial charge is 0.0465 e. The van der Waals surface area contributed by atoms with Crippen molar-refractivity contribution < 1.29 is 0 Å². The molecule has 14 rings (SSSR count). The van der Waals surface area contributed by atoms with E-state index in [2.05, 4.69) is 238 Å². The lowest BCUT2D eigenvalue weighted by Gasteiger charge is -2.57. The van der Waals surface area contributed by atoms with Gasteiger partial charge in [0, 0.05) is 45.0 Å². The van der Waals surface area contributed by atoms with Crippen LogP contribution in [-0.4, -0.2) is 0 Å². The summed E-state index contributed by atoms with van der Waals surface area (Å²) in [5, 5.41) is 0. The van der Waals surface area contributed by atoms with E-state index in [9.17, 15) is 0 Å². The molecule has 2 nitrogen and oxygen atoms in total. The van der Waals surface area contributed by atoms with Crippen LogP contribution in [0.5, 0.6) is 0 Å². The number of anilines is 6. The molecule has 4 bridgehead atoms. The molecule has 0 amide bonds. The molecule has 5 fully saturated rings. The van der Waals surface area contributed by atoms with Crippen LogP contribution < -0.4 is 9.80 Å². The molecule has 2 atom stereocenters. The van der Waals surface area contributed by atoms with Gasteiger partial charge in [-0.05, 0) is 209 Å². The Labute approximate surface area is 429 Å². The maximum Gasteiger partial charge on any atom is 0.0465 e. The first kappa shape index (κ1) is 45.2. The van der Waals surface area contributed by atoms with Crippen LogP contribution in [0.2, 0.25) is 0 Å². The largest absolute Gasteiger partial charge is 0.311 e. The van der Waals surface area contributed by atoms with Gasteiger partial charge in [0.15, 0.2) is 0 Å². The summed E-state index contributed by atoms with van der Waals surface area (Å²) in [6.07, 6.45) is 13.4. The van der Waals surface area contributed by atoms with Gasteiger partial charge in [-0.25, -0.2) is 0 Å². The highest BCUT2D eigenvalue weighted by Crippen LogP contribution is 2.61. The summed E-state index contributed by atoms with van der Waals surface area (Å²) < 4.78 is 0. The standard InChI is InChI=1S/C70H70N2/c1-48(2)53-18-15-39-70(47-53,55-27-33-59(34-28-55)71(57-19-10-6-11-20-57)58-21-12-7-13-22-58)56-29-35-61(36-30-56)72(60-31-25-54(26-32-60)69-44-49-40-50(45-69)42-51(41-49)46-69)62-37-38-64-66(43-62)68(3,4)65-24-14-23-63(67(64)65)52-16-8-5-9-17-52/h5-14,16-17,19-38,43,48-51,53H,15,18,39-42,44-47H2,1-4H3. The summed E-state index contributed by atoms with van der Waals surface area (Å²) >= 11 is 0. The van der Waals surface area contributed by atoms with E-state index in [0.717, 1.165) is 30.6 Å². The molecule has 0 aliphatic heterocycles. The number of fused-ring (bicyclic) bond motifs is 3. The molecule has 0 radical (unpaired) electrons. The molecule has 0 N–H and O–H groups in total. The molecule has 6 aliphatic rings. The van der Waals surface area contributed by atoms with Crippen molar-refractivity contribution in [1.82, 2.24) is 0 Å². The van der Waals surface area contributed by atoms with Crippen molar-refractivity contribution in [1.29, 1.82) is 0 Å². The average molecular weight is 939 g/mol. The fraction of sp³-hybridized carbons (Fsp3) is 0.314. The normalized spacial score (nSPS) is 24.5. The van der Waals surface area contributed by atoms with Crippen LogP contribution >= 0.6 is 0 Å². The zero-order valence-corrected chi connectivity index (χ0v) is 42.9. The third-order valence-electron chi connectivity index (χ3n) is 18.9. The van der Waals surface area contributed by atoms with Crippen LogP contribution in [0.1, 0.15) is 120 Å². The quantitative estimate of drug-likeness (QED) is 0.127. The number of hydrogen-bond donors (Lipinski definition) is 0. The molecule has 2 heteroatoms. The van der Waals surface area contributed by atoms with Gasteiger partial charge in [-0.1, -0.05) is 168 Å². The van der Waals surface area contributed by atoms with E-state index in [-0.39, 0.29) is 10.8 Å². The lowest BCUT2D eigenvalue weighted by molar-refractivity contribution is -0.00518. The molecule has 0 spiro atoms. The first-order chi connectivity index (χ1) is 35.2. The van der Waals surface area contributed by atoms with Gasteiger partial charge in [-0.3, -0.25) is 0 Å². The third kappa shape index (κ3) is 7.66. The van der Waals surface area contributed by atoms with E-state index in [1.807, 2.05) is 0 Å². The van der Waals surface area contributed by atoms with Crippen LogP contribution in [0.15, 0.2) is 200 Å². The first-order valence-electron chi connectivity index (χ1n) is 27.5. The highest BCUT2D eigenvalue weighted by atomic mass is 15.1. The summed E-state index contributed by atoms with van der Waals surface area (Å²) in [4.78, 5) is 4.94. The SMILES string of the molecule is CC(C)C1CCCC(c2ccc(N(c3ccccc3)c3ccccc3)cc2)(c2ccc(N(c3ccc(C45CC6CC(CC(C6)C4)C5)cc3)c3ccc4c(c3)C(C)(C)c3cccc(-c5ccccc5)c3-4)cc2)C1. The van der Waals surface area contributed by atoms with Crippen LogP contribution in [0.25, 0.3) is 22.3 Å². The summed E-state index contributed by atoms with van der Waals surface area (Å²) in [5.41, 5.74) is 19.9. The predicted molar refractivity (Wildman–Crippen MR) is 303 cm³/mol. The van der Waals surface area contributed by atoms with E-state index in [1.165, 1.54) is 130 Å². The Morgan fingerprint density at radius 1 is 0.431 bits per heavy atom. The minimum absolute atomic E-state index is 0.0846. The van der Waals surface area contributed by atoms with Gasteiger partial charge in [0.1, 0.15) is 0 Å². The number of hydrogen-bond acceptors (Lipinski definition) is 2. The van der Waals surface area contributed by atoms with E-state index >= 15 is 0 Å². The molecule has 2 unspecified atom stereocenters. The summed E-state index contributed by atoms with van der Waals surface area (Å²) in [6, 6.07) is 76.4. The Morgan fingerprint density at radius 2 is 0.903 bits per heavy atom. The fourth-order valence-corrected chi connectivity index (χ4v) is 15.7. The number of para-hydroxylation sites is 2. The zero-order chi connectivity index (χ0) is 48.6. The molecule has 360 valence electrons. The third-order valence-corrected chi connectivity index (χ3v) is 18.9. The minimum Gasteiger partial charge on any atom is -0.311 e. The second-order valence-electron chi connectivity index (χ2n) is 23.8. The highest BCUT2D eigenvalue weighted by Gasteiger charge is 2.51. The van der Waals surface area contributed by atoms with Crippen molar-refractivity contribution in [3.05, 3.63) is 228 Å². The molecule has 0 saturated heterocycles. The maximum absolute atomic E-state index is 2.56. The van der Waals surface area contributed by atoms with Gasteiger partial charge in [-0.2, -0.15) is 0 Å². The van der Waals surface area contributed by atoms with E-state index in [1.54, 1.807) is 5.56 Å². The second kappa shape index (κ2) is 17.8. The molecule has 8 aromatic carbocycles. The summed E-state index contributed by atoms with van der Waals surface area (Å²) in [5.74, 6) is 4.06. The highest BCUT2D eigenvalue weighted by molar-refractivity contribution is 5.94. The Bertz CT molecular complexity index is 3130. The molecule has 72 heavy (non-hydrogen) atoms. The number of nitrogens with zero attached hydrogens (tertiary/aromatic N) is 2. The topological polar surface area (TPSA) is 6.48 Å². The van der Waals surface area contributed by atoms with Gasteiger partial charge >= 0.3 is 0 Å². The van der Waals surface area contributed by atoms with Crippen LogP contribution in [0.3, 0.4) is 0 Å². The molecule has 8 aromatic rings. The fourth-order valence-electron chi connectivity index (χ4n) is 15.7. The predicted octanol–water partition coefficient (Wildman–Crippen LogP) is 19.2.